The van der Waals surface area contributed by atoms with Crippen molar-refractivity contribution in [2.45, 2.75) is 26.2 Å². The molecular weight excluding hydrogens is 387 g/mol. The largest absolute Gasteiger partial charge is 0.348 e. The highest BCUT2D eigenvalue weighted by molar-refractivity contribution is 6.42. The lowest BCUT2D eigenvalue weighted by atomic mass is 9.90. The van der Waals surface area contributed by atoms with Crippen molar-refractivity contribution < 1.29 is 0 Å². The average Bonchev–Trinajstić information content (AvgIpc) is 3.05. The number of nitrogens with one attached hydrogen (secondary N) is 3. The molecule has 0 aliphatic rings. The topological polar surface area (TPSA) is 94.4 Å². The fourth-order valence-corrected chi connectivity index (χ4v) is 3.00. The minimum atomic E-state index is -0.454. The second-order valence-electron chi connectivity index (χ2n) is 7.08. The molecule has 0 amide bonds. The quantitative estimate of drug-likeness (QED) is 0.609. The zero-order valence-corrected chi connectivity index (χ0v) is 16.5. The summed E-state index contributed by atoms with van der Waals surface area (Å²) in [4.78, 5) is 37.4. The van der Waals surface area contributed by atoms with E-state index >= 15 is 0 Å². The predicted molar refractivity (Wildman–Crippen MR) is 108 cm³/mol. The first-order valence-corrected chi connectivity index (χ1v) is 8.96. The second-order valence-corrected chi connectivity index (χ2v) is 7.87. The van der Waals surface area contributed by atoms with Gasteiger partial charge in [-0.25, -0.2) is 4.98 Å². The lowest BCUT2D eigenvalue weighted by molar-refractivity contribution is 0.571. The van der Waals surface area contributed by atoms with Crippen molar-refractivity contribution in [2.24, 2.45) is 0 Å². The molecule has 0 saturated heterocycles. The number of hydrogen-bond donors (Lipinski definition) is 3. The van der Waals surface area contributed by atoms with Crippen LogP contribution >= 0.6 is 23.2 Å². The highest BCUT2D eigenvalue weighted by Crippen LogP contribution is 2.25. The van der Waals surface area contributed by atoms with E-state index in [0.29, 0.717) is 21.3 Å². The van der Waals surface area contributed by atoms with E-state index in [9.17, 15) is 9.59 Å². The molecule has 0 aliphatic heterocycles. The summed E-state index contributed by atoms with van der Waals surface area (Å²) < 4.78 is 0. The van der Waals surface area contributed by atoms with Crippen molar-refractivity contribution in [3.8, 4) is 0 Å². The molecule has 3 N–H and O–H groups in total. The molecule has 0 unspecified atom stereocenters. The number of imidazole rings is 1. The second kappa shape index (κ2) is 7.21. The molecule has 0 spiro atoms. The maximum absolute atomic E-state index is 12.4. The fraction of sp³-hybridized carbons (Fsp3) is 0.211. The van der Waals surface area contributed by atoms with Gasteiger partial charge in [0.25, 0.3) is 11.1 Å². The van der Waals surface area contributed by atoms with E-state index in [-0.39, 0.29) is 16.1 Å². The van der Waals surface area contributed by atoms with Crippen LogP contribution in [0.15, 0.2) is 34.1 Å². The van der Waals surface area contributed by atoms with Gasteiger partial charge in [-0.15, -0.1) is 0 Å². The lowest BCUT2D eigenvalue weighted by Crippen LogP contribution is -2.46. The van der Waals surface area contributed by atoms with Gasteiger partial charge < -0.3 is 15.0 Å². The van der Waals surface area contributed by atoms with Crippen LogP contribution in [0.3, 0.4) is 0 Å². The van der Waals surface area contributed by atoms with Crippen LogP contribution in [0.5, 0.6) is 0 Å². The SMILES string of the molecule is CC(C)(C)c1[nH]cnc1/C=c1/[nH]c(=O)/c(=C\c2cccc(Cl)c2Cl)[nH]c1=O. The molecule has 0 bridgehead atoms. The number of aromatic amines is 3. The van der Waals surface area contributed by atoms with Crippen LogP contribution in [-0.4, -0.2) is 19.9 Å². The summed E-state index contributed by atoms with van der Waals surface area (Å²) in [7, 11) is 0. The highest BCUT2D eigenvalue weighted by Gasteiger charge is 2.19. The molecule has 0 radical (unpaired) electrons. The molecule has 3 aromatic rings. The van der Waals surface area contributed by atoms with E-state index in [1.54, 1.807) is 30.6 Å². The standard InChI is InChI=1S/C19H18Cl2N4O2/c1-19(2,3)16-12(22-9-23-16)8-14-18(27)24-13(17(26)25-14)7-10-5-4-6-11(20)15(10)21/h4-9H,1-3H3,(H,22,23)(H,24,27)(H,25,26)/b13-7+,14-8+. The Morgan fingerprint density at radius 1 is 1.00 bits per heavy atom. The lowest BCUT2D eigenvalue weighted by Gasteiger charge is -2.16. The highest BCUT2D eigenvalue weighted by atomic mass is 35.5. The molecule has 2 heterocycles. The summed E-state index contributed by atoms with van der Waals surface area (Å²) in [5.41, 5.74) is 0.908. The molecule has 1 aromatic carbocycles. The van der Waals surface area contributed by atoms with E-state index in [4.69, 9.17) is 23.2 Å². The normalized spacial score (nSPS) is 13.4. The van der Waals surface area contributed by atoms with E-state index in [0.717, 1.165) is 5.69 Å². The van der Waals surface area contributed by atoms with Gasteiger partial charge >= 0.3 is 0 Å². The molecule has 0 fully saturated rings. The first kappa shape index (κ1) is 19.2. The van der Waals surface area contributed by atoms with Crippen LogP contribution in [0.4, 0.5) is 0 Å². The van der Waals surface area contributed by atoms with Crippen molar-refractivity contribution in [3.63, 3.8) is 0 Å². The minimum absolute atomic E-state index is 0.0828. The van der Waals surface area contributed by atoms with E-state index in [2.05, 4.69) is 19.9 Å². The van der Waals surface area contributed by atoms with Crippen molar-refractivity contribution >= 4 is 35.4 Å². The van der Waals surface area contributed by atoms with E-state index < -0.39 is 11.1 Å². The Balaban J connectivity index is 2.16. The Hall–Kier alpha value is -2.57. The molecule has 0 saturated carbocycles. The zero-order valence-electron chi connectivity index (χ0n) is 15.0. The molecule has 0 atom stereocenters. The number of nitrogens with zero attached hydrogens (tertiary/aromatic N) is 1. The Labute approximate surface area is 164 Å². The van der Waals surface area contributed by atoms with Gasteiger partial charge in [-0.2, -0.15) is 0 Å². The third-order valence-electron chi connectivity index (χ3n) is 3.97. The predicted octanol–water partition coefficient (Wildman–Crippen LogP) is 2.05. The first-order chi connectivity index (χ1) is 12.7. The minimum Gasteiger partial charge on any atom is -0.348 e. The van der Waals surface area contributed by atoms with E-state index in [1.807, 2.05) is 20.8 Å². The molecule has 6 nitrogen and oxygen atoms in total. The molecule has 3 rings (SSSR count). The molecular formula is C19H18Cl2N4O2. The van der Waals surface area contributed by atoms with Gasteiger partial charge in [0.15, 0.2) is 0 Å². The summed E-state index contributed by atoms with van der Waals surface area (Å²) in [6, 6.07) is 5.05. The van der Waals surface area contributed by atoms with Crippen molar-refractivity contribution in [1.29, 1.82) is 0 Å². The summed E-state index contributed by atoms with van der Waals surface area (Å²) in [6.45, 7) is 6.08. The first-order valence-electron chi connectivity index (χ1n) is 8.21. The number of aromatic nitrogens is 4. The zero-order chi connectivity index (χ0) is 19.8. The third-order valence-corrected chi connectivity index (χ3v) is 4.80. The van der Waals surface area contributed by atoms with Crippen molar-refractivity contribution in [1.82, 2.24) is 19.9 Å². The van der Waals surface area contributed by atoms with Gasteiger partial charge in [-0.1, -0.05) is 56.1 Å². The number of rotatable bonds is 2. The summed E-state index contributed by atoms with van der Waals surface area (Å²) in [5, 5.41) is 0.870. The van der Waals surface area contributed by atoms with Crippen LogP contribution < -0.4 is 21.8 Å². The van der Waals surface area contributed by atoms with Crippen molar-refractivity contribution in [2.75, 3.05) is 0 Å². The number of benzene rings is 1. The molecule has 140 valence electrons. The Morgan fingerprint density at radius 3 is 2.26 bits per heavy atom. The van der Waals surface area contributed by atoms with Crippen LogP contribution in [0.1, 0.15) is 37.7 Å². The van der Waals surface area contributed by atoms with Crippen LogP contribution in [0, 0.1) is 0 Å². The van der Waals surface area contributed by atoms with Crippen molar-refractivity contribution in [3.05, 3.63) is 82.9 Å². The van der Waals surface area contributed by atoms with Gasteiger partial charge in [0.2, 0.25) is 0 Å². The van der Waals surface area contributed by atoms with Gasteiger partial charge in [-0.05, 0) is 23.8 Å². The van der Waals surface area contributed by atoms with Gasteiger partial charge in [0.1, 0.15) is 10.7 Å². The summed E-state index contributed by atoms with van der Waals surface area (Å²) >= 11 is 12.1. The Bertz CT molecular complexity index is 1230. The average molecular weight is 405 g/mol. The van der Waals surface area contributed by atoms with Crippen LogP contribution in [0.2, 0.25) is 10.0 Å². The fourth-order valence-electron chi connectivity index (χ4n) is 2.64. The monoisotopic (exact) mass is 404 g/mol. The van der Waals surface area contributed by atoms with Crippen LogP contribution in [0.25, 0.3) is 12.2 Å². The maximum atomic E-state index is 12.4. The maximum Gasteiger partial charge on any atom is 0.272 e. The Morgan fingerprint density at radius 2 is 1.63 bits per heavy atom. The number of hydrogen-bond acceptors (Lipinski definition) is 3. The summed E-state index contributed by atoms with van der Waals surface area (Å²) in [6.07, 6.45) is 4.59. The number of H-pyrrole nitrogens is 3. The summed E-state index contributed by atoms with van der Waals surface area (Å²) in [5.74, 6) is 0. The molecule has 8 heteroatoms. The van der Waals surface area contributed by atoms with Gasteiger partial charge in [0.05, 0.1) is 22.1 Å². The Kier molecular flexibility index (Phi) is 5.13. The third kappa shape index (κ3) is 4.07. The smallest absolute Gasteiger partial charge is 0.272 e. The molecule has 2 aromatic heterocycles. The van der Waals surface area contributed by atoms with Gasteiger partial charge in [-0.3, -0.25) is 9.59 Å². The number of halogens is 2. The molecule has 27 heavy (non-hydrogen) atoms. The van der Waals surface area contributed by atoms with Crippen LogP contribution in [-0.2, 0) is 5.41 Å². The van der Waals surface area contributed by atoms with Gasteiger partial charge in [0, 0.05) is 11.1 Å². The van der Waals surface area contributed by atoms with E-state index in [1.165, 1.54) is 6.08 Å². The molecule has 0 aliphatic carbocycles.